The summed E-state index contributed by atoms with van der Waals surface area (Å²) in [4.78, 5) is 29.5. The van der Waals surface area contributed by atoms with E-state index in [1.54, 1.807) is 4.57 Å². The third-order valence-electron chi connectivity index (χ3n) is 4.46. The van der Waals surface area contributed by atoms with Gasteiger partial charge in [0.1, 0.15) is 5.82 Å². The molecule has 0 aromatic carbocycles. The quantitative estimate of drug-likeness (QED) is 0.873. The number of nitrogens with two attached hydrogens (primary N) is 1. The molecule has 3 rings (SSSR count). The van der Waals surface area contributed by atoms with E-state index in [0.717, 1.165) is 29.7 Å². The molecule has 1 atom stereocenters. The van der Waals surface area contributed by atoms with E-state index >= 15 is 0 Å². The van der Waals surface area contributed by atoms with E-state index < -0.39 is 0 Å². The summed E-state index contributed by atoms with van der Waals surface area (Å²) in [5.74, 6) is 1.30. The van der Waals surface area contributed by atoms with Crippen LogP contribution in [0.15, 0.2) is 9.59 Å². The molecule has 1 aliphatic carbocycles. The molecule has 0 aliphatic heterocycles. The summed E-state index contributed by atoms with van der Waals surface area (Å²) in [6.07, 6.45) is 3.00. The zero-order valence-electron chi connectivity index (χ0n) is 13.4. The lowest BCUT2D eigenvalue weighted by Crippen LogP contribution is -2.39. The average molecular weight is 305 g/mol. The van der Waals surface area contributed by atoms with Crippen LogP contribution in [0.4, 0.5) is 0 Å². The highest BCUT2D eigenvalue weighted by atomic mass is 16.2. The number of hydrogen-bond donors (Lipinski definition) is 1. The Kier molecular flexibility index (Phi) is 3.68. The Morgan fingerprint density at radius 1 is 1.27 bits per heavy atom. The maximum Gasteiger partial charge on any atom is 0.332 e. The third kappa shape index (κ3) is 2.20. The lowest BCUT2D eigenvalue weighted by molar-refractivity contribution is 0.531. The molecule has 0 bridgehead atoms. The van der Waals surface area contributed by atoms with E-state index in [2.05, 4.69) is 4.98 Å². The number of rotatable bonds is 5. The van der Waals surface area contributed by atoms with Gasteiger partial charge in [-0.25, -0.2) is 9.78 Å². The summed E-state index contributed by atoms with van der Waals surface area (Å²) in [5, 5.41) is 0. The Morgan fingerprint density at radius 3 is 2.50 bits per heavy atom. The average Bonchev–Trinajstić information content (AvgIpc) is 3.28. The van der Waals surface area contributed by atoms with Crippen molar-refractivity contribution in [1.82, 2.24) is 18.7 Å². The second-order valence-corrected chi connectivity index (χ2v) is 6.09. The van der Waals surface area contributed by atoms with Gasteiger partial charge in [-0.2, -0.15) is 0 Å². The van der Waals surface area contributed by atoms with Crippen molar-refractivity contribution in [2.75, 3.05) is 0 Å². The van der Waals surface area contributed by atoms with E-state index in [-0.39, 0.29) is 17.3 Å². The maximum atomic E-state index is 12.6. The molecular weight excluding hydrogens is 282 g/mol. The molecule has 1 aliphatic rings. The highest BCUT2D eigenvalue weighted by molar-refractivity contribution is 5.71. The predicted molar refractivity (Wildman–Crippen MR) is 85.1 cm³/mol. The van der Waals surface area contributed by atoms with Gasteiger partial charge in [0.25, 0.3) is 5.56 Å². The number of imidazole rings is 1. The van der Waals surface area contributed by atoms with Crippen molar-refractivity contribution in [2.24, 2.45) is 12.8 Å². The summed E-state index contributed by atoms with van der Waals surface area (Å²) in [6.45, 7) is 4.97. The molecule has 22 heavy (non-hydrogen) atoms. The highest BCUT2D eigenvalue weighted by Crippen LogP contribution is 2.40. The number of aryl methyl sites for hydroxylation is 1. The number of hydrogen-bond acceptors (Lipinski definition) is 4. The fourth-order valence-corrected chi connectivity index (χ4v) is 2.86. The van der Waals surface area contributed by atoms with Gasteiger partial charge in [0.15, 0.2) is 11.2 Å². The van der Waals surface area contributed by atoms with Gasteiger partial charge >= 0.3 is 5.69 Å². The standard InChI is InChI=1S/C15H23N5O2/c1-4-10(16)8-20-11-13(17-12(20)9-6-7-9)19(5-2)15(22)18(3)14(11)21/h9-10H,4-8,16H2,1-3H3. The van der Waals surface area contributed by atoms with Crippen LogP contribution < -0.4 is 17.0 Å². The van der Waals surface area contributed by atoms with Gasteiger partial charge in [-0.1, -0.05) is 6.92 Å². The lowest BCUT2D eigenvalue weighted by Gasteiger charge is -2.13. The van der Waals surface area contributed by atoms with E-state index in [1.807, 2.05) is 18.4 Å². The minimum Gasteiger partial charge on any atom is -0.326 e. The van der Waals surface area contributed by atoms with Crippen molar-refractivity contribution in [1.29, 1.82) is 0 Å². The smallest absolute Gasteiger partial charge is 0.326 e. The van der Waals surface area contributed by atoms with Crippen molar-refractivity contribution >= 4 is 11.2 Å². The summed E-state index contributed by atoms with van der Waals surface area (Å²) in [6, 6.07) is -0.0263. The number of nitrogens with zero attached hydrogens (tertiary/aromatic N) is 4. The van der Waals surface area contributed by atoms with Crippen LogP contribution in [0.25, 0.3) is 11.2 Å². The summed E-state index contributed by atoms with van der Waals surface area (Å²) in [7, 11) is 1.52. The molecule has 2 aromatic rings. The van der Waals surface area contributed by atoms with E-state index in [9.17, 15) is 9.59 Å². The summed E-state index contributed by atoms with van der Waals surface area (Å²) >= 11 is 0. The fraction of sp³-hybridized carbons (Fsp3) is 0.667. The van der Waals surface area contributed by atoms with Gasteiger partial charge in [-0.05, 0) is 26.2 Å². The van der Waals surface area contributed by atoms with Gasteiger partial charge in [-0.15, -0.1) is 0 Å². The second kappa shape index (κ2) is 5.39. The molecule has 2 heterocycles. The number of aromatic nitrogens is 4. The summed E-state index contributed by atoms with van der Waals surface area (Å²) < 4.78 is 4.68. The van der Waals surface area contributed by atoms with Crippen LogP contribution in [0.5, 0.6) is 0 Å². The van der Waals surface area contributed by atoms with Crippen molar-refractivity contribution in [3.8, 4) is 0 Å². The molecule has 0 saturated heterocycles. The third-order valence-corrected chi connectivity index (χ3v) is 4.46. The molecular formula is C15H23N5O2. The molecule has 7 nitrogen and oxygen atoms in total. The molecule has 7 heteroatoms. The van der Waals surface area contributed by atoms with Crippen molar-refractivity contribution in [2.45, 2.75) is 58.2 Å². The number of fused-ring (bicyclic) bond motifs is 1. The molecule has 0 radical (unpaired) electrons. The van der Waals surface area contributed by atoms with Crippen LogP contribution in [0, 0.1) is 0 Å². The molecule has 1 saturated carbocycles. The monoisotopic (exact) mass is 305 g/mol. The zero-order valence-corrected chi connectivity index (χ0v) is 13.4. The first-order valence-corrected chi connectivity index (χ1v) is 7.95. The topological polar surface area (TPSA) is 87.8 Å². The van der Waals surface area contributed by atoms with Crippen LogP contribution in [-0.4, -0.2) is 24.7 Å². The maximum absolute atomic E-state index is 12.6. The molecule has 2 aromatic heterocycles. The van der Waals surface area contributed by atoms with Crippen LogP contribution in [0.1, 0.15) is 44.9 Å². The SMILES string of the molecule is CCC(N)Cn1c(C2CC2)nc2c1c(=O)n(C)c(=O)n2CC. The van der Waals surface area contributed by atoms with E-state index in [4.69, 9.17) is 5.73 Å². The van der Waals surface area contributed by atoms with Crippen molar-refractivity contribution in [3.63, 3.8) is 0 Å². The Balaban J connectivity index is 2.36. The van der Waals surface area contributed by atoms with Gasteiger partial charge in [0, 0.05) is 32.1 Å². The van der Waals surface area contributed by atoms with E-state index in [1.165, 1.54) is 7.05 Å². The first-order valence-electron chi connectivity index (χ1n) is 7.95. The Bertz CT molecular complexity index is 825. The molecule has 0 spiro atoms. The normalized spacial score (nSPS) is 16.4. The van der Waals surface area contributed by atoms with Crippen molar-refractivity contribution in [3.05, 3.63) is 26.7 Å². The van der Waals surface area contributed by atoms with Gasteiger partial charge in [0.2, 0.25) is 0 Å². The minimum absolute atomic E-state index is 0.0263. The minimum atomic E-state index is -0.313. The van der Waals surface area contributed by atoms with Crippen LogP contribution in [-0.2, 0) is 20.1 Å². The zero-order chi connectivity index (χ0) is 16.0. The first-order chi connectivity index (χ1) is 10.5. The van der Waals surface area contributed by atoms with Crippen LogP contribution in [0.2, 0.25) is 0 Å². The van der Waals surface area contributed by atoms with Crippen LogP contribution in [0.3, 0.4) is 0 Å². The second-order valence-electron chi connectivity index (χ2n) is 6.09. The fourth-order valence-electron chi connectivity index (χ4n) is 2.86. The van der Waals surface area contributed by atoms with Crippen molar-refractivity contribution < 1.29 is 0 Å². The molecule has 2 N–H and O–H groups in total. The predicted octanol–water partition coefficient (Wildman–Crippen LogP) is 0.531. The van der Waals surface area contributed by atoms with E-state index in [0.29, 0.717) is 30.2 Å². The van der Waals surface area contributed by atoms with Gasteiger partial charge in [-0.3, -0.25) is 13.9 Å². The summed E-state index contributed by atoms with van der Waals surface area (Å²) in [5.41, 5.74) is 6.52. The molecule has 1 unspecified atom stereocenters. The Labute approximate surface area is 128 Å². The Morgan fingerprint density at radius 2 is 1.95 bits per heavy atom. The first kappa shape index (κ1) is 15.0. The molecule has 120 valence electrons. The van der Waals surface area contributed by atoms with Gasteiger partial charge < -0.3 is 10.3 Å². The molecule has 0 amide bonds. The highest BCUT2D eigenvalue weighted by Gasteiger charge is 2.32. The lowest BCUT2D eigenvalue weighted by atomic mass is 10.2. The largest absolute Gasteiger partial charge is 0.332 e. The Hall–Kier alpha value is -1.89. The van der Waals surface area contributed by atoms with Crippen LogP contribution >= 0.6 is 0 Å². The molecule has 1 fully saturated rings. The van der Waals surface area contributed by atoms with Gasteiger partial charge in [0.05, 0.1) is 0 Å².